The molecule has 10 nitrogen and oxygen atoms in total. The average molecular weight is 704 g/mol. The molecular weight excluding hydrogens is 680 g/mol. The Bertz CT molecular complexity index is 1660. The highest BCUT2D eigenvalue weighted by Gasteiger charge is 2.26. The number of methoxy groups -OCH3 is 4. The Kier molecular flexibility index (Phi) is 9.07. The van der Waals surface area contributed by atoms with E-state index in [0.29, 0.717) is 53.1 Å². The summed E-state index contributed by atoms with van der Waals surface area (Å²) in [5.74, 6) is -1.73. The molecule has 4 aromatic rings. The minimum atomic E-state index is -0.621. The van der Waals surface area contributed by atoms with Crippen LogP contribution in [0.25, 0.3) is 32.7 Å². The zero-order valence-corrected chi connectivity index (χ0v) is 26.5. The van der Waals surface area contributed by atoms with Crippen LogP contribution in [0.15, 0.2) is 45.3 Å². The van der Waals surface area contributed by atoms with Gasteiger partial charge in [0.15, 0.2) is 0 Å². The summed E-state index contributed by atoms with van der Waals surface area (Å²) in [4.78, 5) is 48.9. The molecule has 0 N–H and O–H groups in total. The van der Waals surface area contributed by atoms with Crippen molar-refractivity contribution in [2.75, 3.05) is 28.4 Å². The number of ether oxygens (including phenoxy) is 6. The van der Waals surface area contributed by atoms with Crippen molar-refractivity contribution >= 4 is 77.3 Å². The van der Waals surface area contributed by atoms with Crippen LogP contribution >= 0.6 is 31.9 Å². The van der Waals surface area contributed by atoms with E-state index in [1.54, 1.807) is 24.3 Å². The molecular formula is C30H24Br2O10. The summed E-state index contributed by atoms with van der Waals surface area (Å²) >= 11 is 7.18. The second-order valence-corrected chi connectivity index (χ2v) is 10.6. The van der Waals surface area contributed by atoms with Gasteiger partial charge in [-0.25, -0.2) is 9.59 Å². The summed E-state index contributed by atoms with van der Waals surface area (Å²) in [5.41, 5.74) is 1.33. The first-order chi connectivity index (χ1) is 19.9. The normalized spacial score (nSPS) is 10.8. The first kappa shape index (κ1) is 30.8. The third-order valence-corrected chi connectivity index (χ3v) is 7.56. The van der Waals surface area contributed by atoms with Gasteiger partial charge in [-0.05, 0) is 36.4 Å². The molecule has 0 aliphatic rings. The number of halogens is 2. The lowest BCUT2D eigenvalue weighted by Gasteiger charge is -2.21. The molecule has 12 heteroatoms. The highest BCUT2D eigenvalue weighted by atomic mass is 79.9. The SMILES string of the molecule is COC(=O)c1cc(OC(C)=O)c2c(OC)c(-c3cc(Br)c4cc(C(=O)OC)cc(OC(C)=O)c4c3OC)cc(Br)c2c1. The van der Waals surface area contributed by atoms with Gasteiger partial charge in [0, 0.05) is 44.7 Å². The Balaban J connectivity index is 2.17. The second-order valence-electron chi connectivity index (χ2n) is 8.84. The summed E-state index contributed by atoms with van der Waals surface area (Å²) in [6.45, 7) is 2.48. The summed E-state index contributed by atoms with van der Waals surface area (Å²) in [7, 11) is 5.40. The maximum Gasteiger partial charge on any atom is 0.338 e. The predicted molar refractivity (Wildman–Crippen MR) is 161 cm³/mol. The van der Waals surface area contributed by atoms with Gasteiger partial charge >= 0.3 is 23.9 Å². The predicted octanol–water partition coefficient (Wildman–Crippen LogP) is 6.63. The third-order valence-electron chi connectivity index (χ3n) is 6.25. The Morgan fingerprint density at radius 2 is 0.929 bits per heavy atom. The largest absolute Gasteiger partial charge is 0.495 e. The van der Waals surface area contributed by atoms with Crippen LogP contribution in [0, 0.1) is 0 Å². The van der Waals surface area contributed by atoms with Crippen LogP contribution in [0.4, 0.5) is 0 Å². The van der Waals surface area contributed by atoms with E-state index in [4.69, 9.17) is 28.4 Å². The molecule has 0 bridgehead atoms. The number of rotatable bonds is 7. The molecule has 0 aromatic heterocycles. The molecule has 0 radical (unpaired) electrons. The van der Waals surface area contributed by atoms with Gasteiger partial charge < -0.3 is 28.4 Å². The Labute approximate surface area is 257 Å². The van der Waals surface area contributed by atoms with E-state index in [0.717, 1.165) is 0 Å². The second kappa shape index (κ2) is 12.4. The quantitative estimate of drug-likeness (QED) is 0.153. The van der Waals surface area contributed by atoms with Gasteiger partial charge in [-0.1, -0.05) is 31.9 Å². The molecule has 0 spiro atoms. The number of carbonyl (C=O) groups excluding carboxylic acids is 4. The van der Waals surface area contributed by atoms with Crippen molar-refractivity contribution in [1.29, 1.82) is 0 Å². The van der Waals surface area contributed by atoms with Crippen molar-refractivity contribution in [3.63, 3.8) is 0 Å². The van der Waals surface area contributed by atoms with E-state index in [9.17, 15) is 19.2 Å². The van der Waals surface area contributed by atoms with Crippen LogP contribution in [0.2, 0.25) is 0 Å². The molecule has 0 heterocycles. The van der Waals surface area contributed by atoms with Crippen molar-refractivity contribution in [2.24, 2.45) is 0 Å². The molecule has 0 amide bonds. The third kappa shape index (κ3) is 5.64. The highest BCUT2D eigenvalue weighted by Crippen LogP contribution is 2.51. The number of hydrogen-bond acceptors (Lipinski definition) is 10. The van der Waals surface area contributed by atoms with Gasteiger partial charge in [-0.15, -0.1) is 0 Å². The smallest absolute Gasteiger partial charge is 0.338 e. The highest BCUT2D eigenvalue weighted by molar-refractivity contribution is 9.11. The molecule has 4 rings (SSSR count). The van der Waals surface area contributed by atoms with Crippen molar-refractivity contribution < 1.29 is 47.6 Å². The van der Waals surface area contributed by atoms with Crippen LogP contribution in [0.1, 0.15) is 34.6 Å². The fourth-order valence-corrected chi connectivity index (χ4v) is 5.73. The summed E-state index contributed by atoms with van der Waals surface area (Å²) in [5, 5.41) is 1.81. The molecule has 0 saturated carbocycles. The van der Waals surface area contributed by atoms with E-state index in [1.165, 1.54) is 54.4 Å². The molecule has 0 aliphatic heterocycles. The molecule has 0 atom stereocenters. The molecule has 42 heavy (non-hydrogen) atoms. The van der Waals surface area contributed by atoms with Crippen LogP contribution in [-0.2, 0) is 19.1 Å². The zero-order chi connectivity index (χ0) is 30.9. The van der Waals surface area contributed by atoms with E-state index >= 15 is 0 Å². The van der Waals surface area contributed by atoms with Crippen molar-refractivity contribution in [2.45, 2.75) is 13.8 Å². The summed E-state index contributed by atoms with van der Waals surface area (Å²) in [6.07, 6.45) is 0. The molecule has 4 aromatic carbocycles. The topological polar surface area (TPSA) is 124 Å². The van der Waals surface area contributed by atoms with Crippen LogP contribution in [-0.4, -0.2) is 52.3 Å². The number of benzene rings is 4. The van der Waals surface area contributed by atoms with Gasteiger partial charge in [0.1, 0.15) is 23.0 Å². The number of esters is 4. The van der Waals surface area contributed by atoms with Crippen molar-refractivity contribution in [1.82, 2.24) is 0 Å². The Morgan fingerprint density at radius 3 is 1.21 bits per heavy atom. The van der Waals surface area contributed by atoms with Gasteiger partial charge in [0.05, 0.1) is 50.3 Å². The minimum Gasteiger partial charge on any atom is -0.495 e. The van der Waals surface area contributed by atoms with Gasteiger partial charge in [-0.3, -0.25) is 9.59 Å². The van der Waals surface area contributed by atoms with Gasteiger partial charge in [-0.2, -0.15) is 0 Å². The number of carbonyl (C=O) groups is 4. The van der Waals surface area contributed by atoms with Crippen LogP contribution in [0.5, 0.6) is 23.0 Å². The van der Waals surface area contributed by atoms with E-state index in [2.05, 4.69) is 31.9 Å². The first-order valence-electron chi connectivity index (χ1n) is 12.2. The average Bonchev–Trinajstić information content (AvgIpc) is 2.95. The lowest BCUT2D eigenvalue weighted by molar-refractivity contribution is -0.132. The van der Waals surface area contributed by atoms with Crippen LogP contribution < -0.4 is 18.9 Å². The fourth-order valence-electron chi connectivity index (χ4n) is 4.65. The van der Waals surface area contributed by atoms with E-state index < -0.39 is 23.9 Å². The molecule has 0 saturated heterocycles. The zero-order valence-electron chi connectivity index (χ0n) is 23.3. The summed E-state index contributed by atoms with van der Waals surface area (Å²) < 4.78 is 33.6. The van der Waals surface area contributed by atoms with E-state index in [1.807, 2.05) is 0 Å². The van der Waals surface area contributed by atoms with Crippen molar-refractivity contribution in [3.8, 4) is 34.1 Å². The first-order valence-corrected chi connectivity index (χ1v) is 13.8. The van der Waals surface area contributed by atoms with Crippen molar-refractivity contribution in [3.05, 3.63) is 56.5 Å². The van der Waals surface area contributed by atoms with Crippen LogP contribution in [0.3, 0.4) is 0 Å². The van der Waals surface area contributed by atoms with Gasteiger partial charge in [0.25, 0.3) is 0 Å². The molecule has 0 aliphatic carbocycles. The minimum absolute atomic E-state index is 0.0712. The maximum absolute atomic E-state index is 12.4. The molecule has 0 unspecified atom stereocenters. The lowest BCUT2D eigenvalue weighted by Crippen LogP contribution is -2.07. The maximum atomic E-state index is 12.4. The number of hydrogen-bond donors (Lipinski definition) is 0. The lowest BCUT2D eigenvalue weighted by atomic mass is 9.94. The van der Waals surface area contributed by atoms with E-state index in [-0.39, 0.29) is 22.6 Å². The van der Waals surface area contributed by atoms with Gasteiger partial charge in [0.2, 0.25) is 0 Å². The molecule has 0 fully saturated rings. The Morgan fingerprint density at radius 1 is 0.571 bits per heavy atom. The standard InChI is InChI=1S/C30H24Br2O10/c1-13(33)41-23-9-15(29(35)39-5)7-19-21(31)11-17(27(37-3)25(19)23)18-12-22(32)20-8-16(30(36)40-6)10-24(42-14(2)34)26(20)28(18)38-4/h7-12H,1-6H3. The summed E-state index contributed by atoms with van der Waals surface area (Å²) in [6, 6.07) is 9.48. The fraction of sp³-hybridized carbons (Fsp3) is 0.200. The molecule has 218 valence electrons. The monoisotopic (exact) mass is 702 g/mol. The number of fused-ring (bicyclic) bond motifs is 2. The Hall–Kier alpha value is -4.16.